The van der Waals surface area contributed by atoms with Crippen LogP contribution < -0.4 is 0 Å². The van der Waals surface area contributed by atoms with Gasteiger partial charge in [-0.05, 0) is 11.6 Å². The summed E-state index contributed by atoms with van der Waals surface area (Å²) in [6.45, 7) is 0.384. The largest absolute Gasteiger partial charge is 0.390 e. The van der Waals surface area contributed by atoms with E-state index in [0.717, 1.165) is 16.3 Å². The van der Waals surface area contributed by atoms with Crippen LogP contribution >= 0.6 is 23.4 Å². The van der Waals surface area contributed by atoms with Gasteiger partial charge in [0, 0.05) is 23.6 Å². The molecule has 1 aromatic rings. The van der Waals surface area contributed by atoms with Crippen molar-refractivity contribution in [2.75, 3.05) is 19.5 Å². The van der Waals surface area contributed by atoms with Crippen molar-refractivity contribution >= 4 is 23.4 Å². The lowest BCUT2D eigenvalue weighted by molar-refractivity contribution is 0.0794. The number of ether oxygens (including phenoxy) is 1. The molecule has 0 radical (unpaired) electrons. The molecule has 2 nitrogen and oxygen atoms in total. The smallest absolute Gasteiger partial charge is 0.0863 e. The first-order valence-electron chi connectivity index (χ1n) is 4.72. The highest BCUT2D eigenvalue weighted by Crippen LogP contribution is 2.20. The monoisotopic (exact) mass is 246 g/mol. The Hall–Kier alpha value is -0.220. The second-order valence-electron chi connectivity index (χ2n) is 3.22. The first-order chi connectivity index (χ1) is 7.24. The minimum absolute atomic E-state index is 0.384. The molecule has 0 bridgehead atoms. The molecule has 4 heteroatoms. The van der Waals surface area contributed by atoms with Crippen LogP contribution in [0, 0.1) is 0 Å². The Morgan fingerprint density at radius 1 is 1.47 bits per heavy atom. The third-order valence-corrected chi connectivity index (χ3v) is 3.39. The summed E-state index contributed by atoms with van der Waals surface area (Å²) in [6, 6.07) is 7.75. The van der Waals surface area contributed by atoms with Gasteiger partial charge in [-0.25, -0.2) is 0 Å². The average Bonchev–Trinajstić information content (AvgIpc) is 2.21. The predicted octanol–water partition coefficient (Wildman–Crippen LogP) is 2.58. The number of halogens is 1. The van der Waals surface area contributed by atoms with Gasteiger partial charge in [0.25, 0.3) is 0 Å². The molecule has 0 saturated carbocycles. The number of aliphatic hydroxyl groups excluding tert-OH is 1. The van der Waals surface area contributed by atoms with E-state index >= 15 is 0 Å². The van der Waals surface area contributed by atoms with Gasteiger partial charge in [0.2, 0.25) is 0 Å². The van der Waals surface area contributed by atoms with Crippen LogP contribution in [0.3, 0.4) is 0 Å². The fraction of sp³-hybridized carbons (Fsp3) is 0.455. The number of methoxy groups -OCH3 is 1. The molecular weight excluding hydrogens is 232 g/mol. The summed E-state index contributed by atoms with van der Waals surface area (Å²) >= 11 is 7.65. The van der Waals surface area contributed by atoms with Crippen molar-refractivity contribution in [2.24, 2.45) is 0 Å². The van der Waals surface area contributed by atoms with Crippen LogP contribution in [0.25, 0.3) is 0 Å². The standard InChI is InChI=1S/C11H15ClO2S/c1-14-6-10(13)8-15-7-9-4-2-3-5-11(9)12/h2-5,10,13H,6-8H2,1H3. The SMILES string of the molecule is COCC(O)CSCc1ccccc1Cl. The van der Waals surface area contributed by atoms with E-state index in [1.165, 1.54) is 0 Å². The molecule has 1 unspecified atom stereocenters. The molecule has 0 fully saturated rings. The third kappa shape index (κ3) is 4.89. The molecule has 0 heterocycles. The van der Waals surface area contributed by atoms with E-state index < -0.39 is 6.10 Å². The molecule has 15 heavy (non-hydrogen) atoms. The average molecular weight is 247 g/mol. The molecule has 84 valence electrons. The number of hydrogen-bond donors (Lipinski definition) is 1. The van der Waals surface area contributed by atoms with E-state index in [1.807, 2.05) is 24.3 Å². The van der Waals surface area contributed by atoms with E-state index in [4.69, 9.17) is 16.3 Å². The van der Waals surface area contributed by atoms with Crippen molar-refractivity contribution < 1.29 is 9.84 Å². The van der Waals surface area contributed by atoms with Crippen LogP contribution in [-0.2, 0) is 10.5 Å². The van der Waals surface area contributed by atoms with Crippen molar-refractivity contribution in [1.82, 2.24) is 0 Å². The van der Waals surface area contributed by atoms with Crippen LogP contribution in [-0.4, -0.2) is 30.7 Å². The Morgan fingerprint density at radius 2 is 2.20 bits per heavy atom. The Labute approximate surface area is 99.6 Å². The second-order valence-corrected chi connectivity index (χ2v) is 4.65. The molecule has 0 spiro atoms. The molecule has 0 aliphatic rings. The van der Waals surface area contributed by atoms with Gasteiger partial charge in [-0.3, -0.25) is 0 Å². The molecule has 1 aromatic carbocycles. The van der Waals surface area contributed by atoms with Crippen molar-refractivity contribution in [1.29, 1.82) is 0 Å². The number of benzene rings is 1. The third-order valence-electron chi connectivity index (χ3n) is 1.88. The van der Waals surface area contributed by atoms with Crippen molar-refractivity contribution in [3.05, 3.63) is 34.9 Å². The zero-order chi connectivity index (χ0) is 11.1. The summed E-state index contributed by atoms with van der Waals surface area (Å²) in [6.07, 6.45) is -0.400. The van der Waals surface area contributed by atoms with Crippen molar-refractivity contribution in [3.63, 3.8) is 0 Å². The molecule has 0 saturated heterocycles. The van der Waals surface area contributed by atoms with Gasteiger partial charge >= 0.3 is 0 Å². The van der Waals surface area contributed by atoms with Crippen LogP contribution in [0.1, 0.15) is 5.56 Å². The maximum atomic E-state index is 9.42. The van der Waals surface area contributed by atoms with Gasteiger partial charge in [-0.2, -0.15) is 11.8 Å². The summed E-state index contributed by atoms with van der Waals surface area (Å²) in [4.78, 5) is 0. The molecule has 0 aliphatic heterocycles. The molecule has 1 N–H and O–H groups in total. The second kappa shape index (κ2) is 7.12. The number of rotatable bonds is 6. The molecular formula is C11H15ClO2S. The fourth-order valence-electron chi connectivity index (χ4n) is 1.16. The molecule has 0 aromatic heterocycles. The van der Waals surface area contributed by atoms with Crippen LogP contribution in [0.15, 0.2) is 24.3 Å². The van der Waals surface area contributed by atoms with Gasteiger partial charge in [-0.1, -0.05) is 29.8 Å². The Balaban J connectivity index is 2.29. The lowest BCUT2D eigenvalue weighted by Gasteiger charge is -2.09. The van der Waals surface area contributed by atoms with Gasteiger partial charge < -0.3 is 9.84 Å². The predicted molar refractivity (Wildman–Crippen MR) is 65.5 cm³/mol. The summed E-state index contributed by atoms with van der Waals surface area (Å²) in [5, 5.41) is 10.2. The highest BCUT2D eigenvalue weighted by Gasteiger charge is 2.04. The highest BCUT2D eigenvalue weighted by molar-refractivity contribution is 7.98. The Kier molecular flexibility index (Phi) is 6.10. The van der Waals surface area contributed by atoms with Gasteiger partial charge in [0.1, 0.15) is 0 Å². The zero-order valence-corrected chi connectivity index (χ0v) is 10.2. The normalized spacial score (nSPS) is 12.7. The number of hydrogen-bond acceptors (Lipinski definition) is 3. The van der Waals surface area contributed by atoms with Gasteiger partial charge in [0.15, 0.2) is 0 Å². The lowest BCUT2D eigenvalue weighted by atomic mass is 10.2. The molecule has 1 rings (SSSR count). The quantitative estimate of drug-likeness (QED) is 0.837. The fourth-order valence-corrected chi connectivity index (χ4v) is 2.40. The maximum absolute atomic E-state index is 9.42. The minimum Gasteiger partial charge on any atom is -0.390 e. The first-order valence-corrected chi connectivity index (χ1v) is 6.25. The summed E-state index contributed by atoms with van der Waals surface area (Å²) < 4.78 is 4.84. The number of thioether (sulfide) groups is 1. The van der Waals surface area contributed by atoms with E-state index in [1.54, 1.807) is 18.9 Å². The Morgan fingerprint density at radius 3 is 2.87 bits per heavy atom. The van der Waals surface area contributed by atoms with Crippen LogP contribution in [0.2, 0.25) is 5.02 Å². The van der Waals surface area contributed by atoms with Gasteiger partial charge in [0.05, 0.1) is 12.7 Å². The highest BCUT2D eigenvalue weighted by atomic mass is 35.5. The molecule has 1 atom stereocenters. The van der Waals surface area contributed by atoms with Crippen LogP contribution in [0.5, 0.6) is 0 Å². The summed E-state index contributed by atoms with van der Waals surface area (Å²) in [5.74, 6) is 1.49. The van der Waals surface area contributed by atoms with E-state index in [-0.39, 0.29) is 0 Å². The van der Waals surface area contributed by atoms with E-state index in [9.17, 15) is 5.11 Å². The topological polar surface area (TPSA) is 29.5 Å². The minimum atomic E-state index is -0.400. The first kappa shape index (κ1) is 12.8. The van der Waals surface area contributed by atoms with Crippen molar-refractivity contribution in [3.8, 4) is 0 Å². The maximum Gasteiger partial charge on any atom is 0.0863 e. The lowest BCUT2D eigenvalue weighted by Crippen LogP contribution is -2.16. The summed E-state index contributed by atoms with van der Waals surface area (Å²) in [7, 11) is 1.59. The summed E-state index contributed by atoms with van der Waals surface area (Å²) in [5.41, 5.74) is 1.11. The van der Waals surface area contributed by atoms with Crippen molar-refractivity contribution in [2.45, 2.75) is 11.9 Å². The van der Waals surface area contributed by atoms with E-state index in [2.05, 4.69) is 0 Å². The van der Waals surface area contributed by atoms with Crippen LogP contribution in [0.4, 0.5) is 0 Å². The zero-order valence-electron chi connectivity index (χ0n) is 8.65. The van der Waals surface area contributed by atoms with Gasteiger partial charge in [-0.15, -0.1) is 0 Å². The number of aliphatic hydroxyl groups is 1. The molecule has 0 aliphatic carbocycles. The molecule has 0 amide bonds. The van der Waals surface area contributed by atoms with E-state index in [0.29, 0.717) is 12.4 Å². The Bertz CT molecular complexity index is 294.